The van der Waals surface area contributed by atoms with E-state index in [1.54, 1.807) is 0 Å². The lowest BCUT2D eigenvalue weighted by Crippen LogP contribution is -2.24. The van der Waals surface area contributed by atoms with E-state index in [0.29, 0.717) is 5.56 Å². The molecule has 0 radical (unpaired) electrons. The Morgan fingerprint density at radius 3 is 2.12 bits per heavy atom. The van der Waals surface area contributed by atoms with Crippen molar-refractivity contribution in [2.24, 2.45) is 0 Å². The molecule has 1 N–H and O–H groups in total. The standard InChI is InChI=1S/C10H13NO5S/c1-7(17(2,15)16)10(12)8-3-5-9(6-4-8)11(13)14/h3-7,10,12H,1-2H3/t7-,10+/m1/s1. The number of hydrogen-bond acceptors (Lipinski definition) is 5. The Kier molecular flexibility index (Phi) is 3.84. The molecule has 0 fully saturated rings. The summed E-state index contributed by atoms with van der Waals surface area (Å²) in [6.07, 6.45) is -0.155. The molecule has 0 aliphatic rings. The van der Waals surface area contributed by atoms with Gasteiger partial charge < -0.3 is 5.11 Å². The van der Waals surface area contributed by atoms with Crippen LogP contribution in [0.2, 0.25) is 0 Å². The number of non-ortho nitro benzene ring substituents is 1. The van der Waals surface area contributed by atoms with Crippen LogP contribution in [-0.2, 0) is 9.84 Å². The van der Waals surface area contributed by atoms with Gasteiger partial charge in [-0.1, -0.05) is 0 Å². The van der Waals surface area contributed by atoms with Crippen molar-refractivity contribution in [2.75, 3.05) is 6.26 Å². The molecule has 1 aromatic rings. The molecule has 6 nitrogen and oxygen atoms in total. The molecule has 94 valence electrons. The van der Waals surface area contributed by atoms with Crippen molar-refractivity contribution in [3.63, 3.8) is 0 Å². The summed E-state index contributed by atoms with van der Waals surface area (Å²) in [5.74, 6) is 0. The van der Waals surface area contributed by atoms with Crippen LogP contribution in [0.25, 0.3) is 0 Å². The van der Waals surface area contributed by atoms with Crippen LogP contribution in [0.15, 0.2) is 24.3 Å². The van der Waals surface area contributed by atoms with Crippen molar-refractivity contribution < 1.29 is 18.4 Å². The highest BCUT2D eigenvalue weighted by atomic mass is 32.2. The summed E-state index contributed by atoms with van der Waals surface area (Å²) in [5.41, 5.74) is 0.237. The molecule has 17 heavy (non-hydrogen) atoms. The van der Waals surface area contributed by atoms with Crippen molar-refractivity contribution in [3.8, 4) is 0 Å². The molecule has 1 aromatic carbocycles. The minimum Gasteiger partial charge on any atom is -0.387 e. The Labute approximate surface area is 99.0 Å². The average Bonchev–Trinajstić information content (AvgIpc) is 2.26. The monoisotopic (exact) mass is 259 g/mol. The zero-order chi connectivity index (χ0) is 13.2. The first-order valence-electron chi connectivity index (χ1n) is 4.84. The third-order valence-corrected chi connectivity index (χ3v) is 4.17. The van der Waals surface area contributed by atoms with Crippen LogP contribution in [0.3, 0.4) is 0 Å². The van der Waals surface area contributed by atoms with E-state index in [-0.39, 0.29) is 5.69 Å². The van der Waals surface area contributed by atoms with Crippen molar-refractivity contribution in [1.29, 1.82) is 0 Å². The molecule has 2 atom stereocenters. The van der Waals surface area contributed by atoms with Crippen LogP contribution in [-0.4, -0.2) is 30.0 Å². The predicted octanol–water partition coefficient (Wildman–Crippen LogP) is 1.06. The number of aliphatic hydroxyl groups excluding tert-OH is 1. The van der Waals surface area contributed by atoms with Gasteiger partial charge in [0.25, 0.3) is 5.69 Å². The summed E-state index contributed by atoms with van der Waals surface area (Å²) >= 11 is 0. The third-order valence-electron chi connectivity index (χ3n) is 2.57. The van der Waals surface area contributed by atoms with Gasteiger partial charge in [0.2, 0.25) is 0 Å². The van der Waals surface area contributed by atoms with Crippen LogP contribution >= 0.6 is 0 Å². The molecule has 0 amide bonds. The second-order valence-electron chi connectivity index (χ2n) is 3.83. The van der Waals surface area contributed by atoms with E-state index in [1.165, 1.54) is 31.2 Å². The van der Waals surface area contributed by atoms with Gasteiger partial charge in [0.15, 0.2) is 9.84 Å². The van der Waals surface area contributed by atoms with Gasteiger partial charge in [-0.2, -0.15) is 0 Å². The predicted molar refractivity (Wildman–Crippen MR) is 62.4 cm³/mol. The smallest absolute Gasteiger partial charge is 0.269 e. The number of rotatable bonds is 4. The lowest BCUT2D eigenvalue weighted by molar-refractivity contribution is -0.384. The summed E-state index contributed by atoms with van der Waals surface area (Å²) in [6.45, 7) is 1.39. The molecule has 0 aliphatic carbocycles. The minimum atomic E-state index is -3.36. The van der Waals surface area contributed by atoms with Gasteiger partial charge in [-0.05, 0) is 24.6 Å². The Morgan fingerprint density at radius 2 is 1.76 bits per heavy atom. The Bertz CT molecular complexity index is 508. The fourth-order valence-corrected chi connectivity index (χ4v) is 1.92. The number of nitro groups is 1. The van der Waals surface area contributed by atoms with Crippen LogP contribution < -0.4 is 0 Å². The third kappa shape index (κ3) is 3.24. The highest BCUT2D eigenvalue weighted by Crippen LogP contribution is 2.23. The second-order valence-corrected chi connectivity index (χ2v) is 6.23. The molecule has 0 aliphatic heterocycles. The first-order chi connectivity index (χ1) is 7.73. The van der Waals surface area contributed by atoms with Crippen LogP contribution in [0.1, 0.15) is 18.6 Å². The lowest BCUT2D eigenvalue weighted by atomic mass is 10.1. The number of nitrogens with zero attached hydrogens (tertiary/aromatic N) is 1. The summed E-state index contributed by atoms with van der Waals surface area (Å²) in [5, 5.41) is 19.3. The molecule has 0 spiro atoms. The second kappa shape index (κ2) is 4.80. The zero-order valence-electron chi connectivity index (χ0n) is 9.40. The van der Waals surface area contributed by atoms with E-state index >= 15 is 0 Å². The number of nitro benzene ring substituents is 1. The zero-order valence-corrected chi connectivity index (χ0v) is 10.2. The van der Waals surface area contributed by atoms with Crippen molar-refractivity contribution >= 4 is 15.5 Å². The largest absolute Gasteiger partial charge is 0.387 e. The van der Waals surface area contributed by atoms with E-state index < -0.39 is 26.1 Å². The summed E-state index contributed by atoms with van der Waals surface area (Å²) in [6, 6.07) is 5.16. The molecule has 7 heteroatoms. The Balaban J connectivity index is 2.98. The topological polar surface area (TPSA) is 97.5 Å². The van der Waals surface area contributed by atoms with Gasteiger partial charge >= 0.3 is 0 Å². The fraction of sp³-hybridized carbons (Fsp3) is 0.400. The minimum absolute atomic E-state index is 0.104. The van der Waals surface area contributed by atoms with Gasteiger partial charge in [-0.15, -0.1) is 0 Å². The first kappa shape index (κ1) is 13.6. The summed E-state index contributed by atoms with van der Waals surface area (Å²) in [4.78, 5) is 9.86. The first-order valence-corrected chi connectivity index (χ1v) is 6.80. The molecular weight excluding hydrogens is 246 g/mol. The maximum atomic E-state index is 11.3. The van der Waals surface area contributed by atoms with E-state index in [9.17, 15) is 23.6 Å². The fourth-order valence-electron chi connectivity index (χ4n) is 1.30. The van der Waals surface area contributed by atoms with E-state index in [2.05, 4.69) is 0 Å². The van der Waals surface area contributed by atoms with Crippen molar-refractivity contribution in [3.05, 3.63) is 39.9 Å². The molecule has 1 rings (SSSR count). The lowest BCUT2D eigenvalue weighted by Gasteiger charge is -2.17. The summed E-state index contributed by atoms with van der Waals surface area (Å²) in [7, 11) is -3.36. The van der Waals surface area contributed by atoms with Gasteiger partial charge in [0.05, 0.1) is 16.3 Å². The molecule has 0 bridgehead atoms. The molecular formula is C10H13NO5S. The molecule has 0 saturated carbocycles. The van der Waals surface area contributed by atoms with Gasteiger partial charge in [0.1, 0.15) is 0 Å². The summed E-state index contributed by atoms with van der Waals surface area (Å²) < 4.78 is 22.5. The van der Waals surface area contributed by atoms with Crippen molar-refractivity contribution in [1.82, 2.24) is 0 Å². The average molecular weight is 259 g/mol. The maximum Gasteiger partial charge on any atom is 0.269 e. The van der Waals surface area contributed by atoms with Gasteiger partial charge in [0, 0.05) is 18.4 Å². The molecule has 0 saturated heterocycles. The number of aliphatic hydroxyl groups is 1. The normalized spacial score (nSPS) is 15.2. The molecule has 0 aromatic heterocycles. The van der Waals surface area contributed by atoms with Crippen LogP contribution in [0, 0.1) is 10.1 Å². The number of hydrogen-bond donors (Lipinski definition) is 1. The van der Waals surface area contributed by atoms with Crippen molar-refractivity contribution in [2.45, 2.75) is 18.3 Å². The van der Waals surface area contributed by atoms with E-state index in [4.69, 9.17) is 0 Å². The highest BCUT2D eigenvalue weighted by Gasteiger charge is 2.25. The van der Waals surface area contributed by atoms with E-state index in [0.717, 1.165) is 6.26 Å². The van der Waals surface area contributed by atoms with Gasteiger partial charge in [-0.25, -0.2) is 8.42 Å². The van der Waals surface area contributed by atoms with Gasteiger partial charge in [-0.3, -0.25) is 10.1 Å². The Hall–Kier alpha value is -1.47. The SMILES string of the molecule is C[C@H]([C@H](O)c1ccc([N+](=O)[O-])cc1)S(C)(=O)=O. The number of sulfone groups is 1. The quantitative estimate of drug-likeness (QED) is 0.644. The van der Waals surface area contributed by atoms with E-state index in [1.807, 2.05) is 0 Å². The number of benzene rings is 1. The molecule has 0 heterocycles. The Morgan fingerprint density at radius 1 is 1.29 bits per heavy atom. The van der Waals surface area contributed by atoms with Crippen LogP contribution in [0.5, 0.6) is 0 Å². The highest BCUT2D eigenvalue weighted by molar-refractivity contribution is 7.91. The van der Waals surface area contributed by atoms with Crippen LogP contribution in [0.4, 0.5) is 5.69 Å². The maximum absolute atomic E-state index is 11.3. The molecule has 0 unspecified atom stereocenters.